The van der Waals surface area contributed by atoms with E-state index in [2.05, 4.69) is 204 Å². The van der Waals surface area contributed by atoms with Crippen LogP contribution in [0.4, 0.5) is 17.1 Å². The zero-order valence-corrected chi connectivity index (χ0v) is 37.5. The molecule has 4 heteroatoms. The summed E-state index contributed by atoms with van der Waals surface area (Å²) in [6, 6.07) is 61.1. The maximum Gasteiger partial charge on any atom is 0.244 e. The van der Waals surface area contributed by atoms with Crippen molar-refractivity contribution < 1.29 is 0 Å². The summed E-state index contributed by atoms with van der Waals surface area (Å²) >= 11 is 3.93. The Morgan fingerprint density at radius 1 is 0.403 bits per heavy atom. The van der Waals surface area contributed by atoms with Crippen molar-refractivity contribution in [3.05, 3.63) is 169 Å². The first-order valence-electron chi connectivity index (χ1n) is 21.9. The van der Waals surface area contributed by atoms with Crippen LogP contribution in [0, 0.1) is 0 Å². The molecule has 0 aliphatic carbocycles. The first-order valence-corrected chi connectivity index (χ1v) is 23.6. The van der Waals surface area contributed by atoms with E-state index in [9.17, 15) is 0 Å². The van der Waals surface area contributed by atoms with Gasteiger partial charge in [0, 0.05) is 46.6 Å². The molecule has 296 valence electrons. The van der Waals surface area contributed by atoms with Gasteiger partial charge in [0.25, 0.3) is 0 Å². The molecule has 13 rings (SSSR count). The fraction of sp³-hybridized carbons (Fsp3) is 0.138. The van der Waals surface area contributed by atoms with Gasteiger partial charge in [-0.2, -0.15) is 0 Å². The summed E-state index contributed by atoms with van der Waals surface area (Å²) in [6.45, 7) is 13.8. The van der Waals surface area contributed by atoms with Gasteiger partial charge in [-0.25, -0.2) is 0 Å². The molecule has 62 heavy (non-hydrogen) atoms. The van der Waals surface area contributed by atoms with Gasteiger partial charge >= 0.3 is 0 Å². The van der Waals surface area contributed by atoms with E-state index in [1.807, 2.05) is 22.7 Å². The van der Waals surface area contributed by atoms with Crippen molar-refractivity contribution in [2.75, 3.05) is 4.90 Å². The van der Waals surface area contributed by atoms with E-state index in [4.69, 9.17) is 0 Å². The van der Waals surface area contributed by atoms with E-state index in [-0.39, 0.29) is 17.5 Å². The average Bonchev–Trinajstić information content (AvgIpc) is 3.80. The van der Waals surface area contributed by atoms with Crippen molar-refractivity contribution >= 4 is 125 Å². The van der Waals surface area contributed by atoms with Crippen molar-refractivity contribution in [2.24, 2.45) is 0 Å². The molecule has 0 bridgehead atoms. The van der Waals surface area contributed by atoms with Crippen LogP contribution in [0.15, 0.2) is 158 Å². The Balaban J connectivity index is 1.22. The molecule has 0 radical (unpaired) electrons. The normalized spacial score (nSPS) is 13.3. The minimum Gasteiger partial charge on any atom is -0.310 e. The number of anilines is 3. The van der Waals surface area contributed by atoms with Crippen molar-refractivity contribution in [2.45, 2.75) is 52.4 Å². The third-order valence-corrected chi connectivity index (χ3v) is 16.3. The van der Waals surface area contributed by atoms with Crippen LogP contribution in [0.3, 0.4) is 0 Å². The molecule has 0 saturated heterocycles. The second kappa shape index (κ2) is 12.7. The van der Waals surface area contributed by atoms with Crippen LogP contribution in [-0.4, -0.2) is 6.71 Å². The van der Waals surface area contributed by atoms with Gasteiger partial charge in [0.1, 0.15) is 0 Å². The van der Waals surface area contributed by atoms with Crippen molar-refractivity contribution in [1.82, 2.24) is 0 Å². The highest BCUT2D eigenvalue weighted by Gasteiger charge is 2.39. The maximum absolute atomic E-state index is 2.55. The SMILES string of the molecule is CC(C)(C)c1ccc(N(c2ccc(C(C)(C)C)cc2)c2cc3c4c(c2)-c2cc5ccccc5c5sc6cccc(c6c25)B4c2cccc4sc5c6ccccc6cc-3c5c24)cc1. The summed E-state index contributed by atoms with van der Waals surface area (Å²) in [4.78, 5) is 2.52. The molecule has 0 fully saturated rings. The highest BCUT2D eigenvalue weighted by molar-refractivity contribution is 7.28. The highest BCUT2D eigenvalue weighted by atomic mass is 32.1. The van der Waals surface area contributed by atoms with Gasteiger partial charge in [0.05, 0.1) is 0 Å². The minimum absolute atomic E-state index is 0.0358. The first-order chi connectivity index (χ1) is 30.0. The monoisotopic (exact) mass is 829 g/mol. The van der Waals surface area contributed by atoms with E-state index in [0.29, 0.717) is 0 Å². The molecule has 2 aliphatic rings. The molecule has 0 atom stereocenters. The van der Waals surface area contributed by atoms with Crippen LogP contribution in [0.1, 0.15) is 52.7 Å². The third kappa shape index (κ3) is 5.08. The number of rotatable bonds is 3. The lowest BCUT2D eigenvalue weighted by Crippen LogP contribution is -2.53. The summed E-state index contributed by atoms with van der Waals surface area (Å²) in [7, 11) is 0. The summed E-state index contributed by atoms with van der Waals surface area (Å²) in [5.41, 5.74) is 15.8. The van der Waals surface area contributed by atoms with Crippen molar-refractivity contribution in [3.8, 4) is 22.3 Å². The summed E-state index contributed by atoms with van der Waals surface area (Å²) in [5.74, 6) is 0. The fourth-order valence-electron chi connectivity index (χ4n) is 10.9. The maximum atomic E-state index is 2.55. The number of hydrogen-bond donors (Lipinski definition) is 0. The molecule has 0 N–H and O–H groups in total. The van der Waals surface area contributed by atoms with Gasteiger partial charge in [-0.15, -0.1) is 22.7 Å². The van der Waals surface area contributed by atoms with Gasteiger partial charge in [-0.1, -0.05) is 155 Å². The molecular weight excluding hydrogens is 786 g/mol. The lowest BCUT2D eigenvalue weighted by molar-refractivity contribution is 0.590. The molecule has 2 aliphatic heterocycles. The van der Waals surface area contributed by atoms with E-state index in [1.165, 1.54) is 117 Å². The first kappa shape index (κ1) is 36.5. The second-order valence-electron chi connectivity index (χ2n) is 19.7. The predicted molar refractivity (Wildman–Crippen MR) is 275 cm³/mol. The van der Waals surface area contributed by atoms with Crippen LogP contribution < -0.4 is 21.3 Å². The zero-order valence-electron chi connectivity index (χ0n) is 35.9. The number of fused-ring (bicyclic) bond motifs is 8. The molecule has 1 nitrogen and oxygen atoms in total. The van der Waals surface area contributed by atoms with Gasteiger partial charge < -0.3 is 4.90 Å². The van der Waals surface area contributed by atoms with E-state index >= 15 is 0 Å². The fourth-order valence-corrected chi connectivity index (χ4v) is 13.5. The summed E-state index contributed by atoms with van der Waals surface area (Å²) < 4.78 is 5.48. The molecule has 0 spiro atoms. The largest absolute Gasteiger partial charge is 0.310 e. The Morgan fingerprint density at radius 2 is 0.839 bits per heavy atom. The molecule has 0 saturated carbocycles. The number of nitrogens with zero attached hydrogens (tertiary/aromatic N) is 1. The topological polar surface area (TPSA) is 3.24 Å². The van der Waals surface area contributed by atoms with Gasteiger partial charge in [0.2, 0.25) is 6.71 Å². The Labute approximate surface area is 371 Å². The van der Waals surface area contributed by atoms with E-state index < -0.39 is 0 Å². The second-order valence-corrected chi connectivity index (χ2v) is 21.8. The smallest absolute Gasteiger partial charge is 0.244 e. The third-order valence-electron chi connectivity index (χ3n) is 13.9. The van der Waals surface area contributed by atoms with Crippen molar-refractivity contribution in [1.29, 1.82) is 0 Å². The molecule has 0 unspecified atom stereocenters. The number of hydrogen-bond acceptors (Lipinski definition) is 3. The van der Waals surface area contributed by atoms with Gasteiger partial charge in [0.15, 0.2) is 0 Å². The van der Waals surface area contributed by atoms with Crippen LogP contribution in [0.25, 0.3) is 84.1 Å². The quantitative estimate of drug-likeness (QED) is 0.160. The number of thiophene rings is 2. The molecule has 11 aromatic rings. The molecule has 4 heterocycles. The van der Waals surface area contributed by atoms with E-state index in [0.717, 1.165) is 11.4 Å². The Hall–Kier alpha value is -6.20. The van der Waals surface area contributed by atoms with Crippen LogP contribution in [0.5, 0.6) is 0 Å². The molecule has 2 aromatic heterocycles. The molecule has 9 aromatic carbocycles. The molecule has 0 amide bonds. The standard InChI is InChI=1S/C58H44BNS2/c1-57(2,3)35-21-25-37(26-22-35)60(38-27-23-36(24-28-38)58(4,5)6)39-31-44-42-29-33-13-7-9-15-40(33)55-50(42)52-46(17-11-19-48(52)61-55)59-47-18-12-20-49-53(47)51-43(45(32-39)54(44)59)30-34-14-8-10-16-41(34)56(51)62-49/h7-32H,1-6H3. The van der Waals surface area contributed by atoms with Crippen LogP contribution in [-0.2, 0) is 10.8 Å². The Morgan fingerprint density at radius 3 is 1.27 bits per heavy atom. The molecular formula is C58H44BNS2. The summed E-state index contributed by atoms with van der Waals surface area (Å²) in [5, 5.41) is 10.8. The van der Waals surface area contributed by atoms with Gasteiger partial charge in [-0.05, 0) is 137 Å². The van der Waals surface area contributed by atoms with Gasteiger partial charge in [-0.3, -0.25) is 0 Å². The van der Waals surface area contributed by atoms with E-state index in [1.54, 1.807) is 0 Å². The predicted octanol–water partition coefficient (Wildman–Crippen LogP) is 15.3. The summed E-state index contributed by atoms with van der Waals surface area (Å²) in [6.07, 6.45) is 0. The average molecular weight is 830 g/mol. The lowest BCUT2D eigenvalue weighted by Gasteiger charge is -2.30. The Kier molecular flexibility index (Phi) is 7.46. The lowest BCUT2D eigenvalue weighted by atomic mass is 9.35. The number of benzene rings is 9. The van der Waals surface area contributed by atoms with Crippen molar-refractivity contribution in [3.63, 3.8) is 0 Å². The Bertz CT molecular complexity index is 3470. The zero-order chi connectivity index (χ0) is 41.8. The van der Waals surface area contributed by atoms with Crippen LogP contribution >= 0.6 is 22.7 Å². The minimum atomic E-state index is 0.0358. The highest BCUT2D eigenvalue weighted by Crippen LogP contribution is 2.51. The van der Waals surface area contributed by atoms with Crippen LogP contribution in [0.2, 0.25) is 0 Å².